The molecule has 1 spiro atoms. The van der Waals surface area contributed by atoms with E-state index in [1.54, 1.807) is 0 Å². The van der Waals surface area contributed by atoms with Crippen molar-refractivity contribution in [1.82, 2.24) is 4.90 Å². The van der Waals surface area contributed by atoms with Crippen molar-refractivity contribution in [3.8, 4) is 0 Å². The predicted octanol–water partition coefficient (Wildman–Crippen LogP) is 3.03. The predicted molar refractivity (Wildman–Crippen MR) is 64.8 cm³/mol. The molecule has 0 aliphatic carbocycles. The topological polar surface area (TPSA) is 12.5 Å². The Morgan fingerprint density at radius 2 is 1.21 bits per heavy atom. The summed E-state index contributed by atoms with van der Waals surface area (Å²) in [5.74, 6) is 0. The summed E-state index contributed by atoms with van der Waals surface area (Å²) in [4.78, 5) is 2.34. The Morgan fingerprint density at radius 3 is 1.29 bits per heavy atom. The van der Waals surface area contributed by atoms with Gasteiger partial charge in [-0.1, -0.05) is 41.5 Å². The number of hydrogen-bond donors (Lipinski definition) is 0. The summed E-state index contributed by atoms with van der Waals surface area (Å²) in [6, 6.07) is 0. The molecule has 2 aliphatic heterocycles. The van der Waals surface area contributed by atoms with Crippen LogP contribution in [0.3, 0.4) is 0 Å². The minimum Gasteiger partial charge on any atom is -0.380 e. The lowest BCUT2D eigenvalue weighted by molar-refractivity contribution is -0.182. The largest absolute Gasteiger partial charge is 0.380 e. The fourth-order valence-electron chi connectivity index (χ4n) is 1.67. The van der Waals surface area contributed by atoms with Crippen LogP contribution >= 0.6 is 0 Å². The van der Waals surface area contributed by atoms with Crippen LogP contribution in [0.15, 0.2) is 0 Å². The zero-order valence-electron chi connectivity index (χ0n) is 11.2. The molecule has 2 heterocycles. The standard InChI is InChI=1S/C6H11NO.3C2H6/c1-7-2-6(3-7)4-8-5-6;3*1-2/h2-5H2,1H3;3*1-2H3. The third kappa shape index (κ3) is 4.43. The van der Waals surface area contributed by atoms with Crippen LogP contribution in [0, 0.1) is 5.41 Å². The molecule has 0 saturated carbocycles. The third-order valence-electron chi connectivity index (χ3n) is 2.03. The van der Waals surface area contributed by atoms with Crippen molar-refractivity contribution in [1.29, 1.82) is 0 Å². The van der Waals surface area contributed by atoms with E-state index < -0.39 is 0 Å². The number of likely N-dealkylation sites (tertiary alicyclic amines) is 1. The van der Waals surface area contributed by atoms with Gasteiger partial charge in [-0.25, -0.2) is 0 Å². The van der Waals surface area contributed by atoms with Gasteiger partial charge in [0.2, 0.25) is 0 Å². The summed E-state index contributed by atoms with van der Waals surface area (Å²) in [5, 5.41) is 0. The zero-order valence-corrected chi connectivity index (χ0v) is 11.2. The molecule has 0 unspecified atom stereocenters. The van der Waals surface area contributed by atoms with Gasteiger partial charge in [-0.05, 0) is 7.05 Å². The van der Waals surface area contributed by atoms with Crippen molar-refractivity contribution in [2.45, 2.75) is 41.5 Å². The van der Waals surface area contributed by atoms with Crippen LogP contribution in [0.5, 0.6) is 0 Å². The van der Waals surface area contributed by atoms with E-state index in [9.17, 15) is 0 Å². The maximum atomic E-state index is 5.10. The van der Waals surface area contributed by atoms with Crippen LogP contribution in [0.25, 0.3) is 0 Å². The maximum absolute atomic E-state index is 5.10. The van der Waals surface area contributed by atoms with Crippen molar-refractivity contribution in [3.05, 3.63) is 0 Å². The highest BCUT2D eigenvalue weighted by atomic mass is 16.5. The normalized spacial score (nSPS) is 20.8. The lowest BCUT2D eigenvalue weighted by atomic mass is 9.79. The van der Waals surface area contributed by atoms with Gasteiger partial charge >= 0.3 is 0 Å². The second-order valence-electron chi connectivity index (χ2n) is 3.17. The molecular weight excluding hydrogens is 174 g/mol. The number of hydrogen-bond acceptors (Lipinski definition) is 2. The van der Waals surface area contributed by atoms with Crippen molar-refractivity contribution in [2.75, 3.05) is 33.4 Å². The first-order valence-corrected chi connectivity index (χ1v) is 6.07. The van der Waals surface area contributed by atoms with E-state index in [-0.39, 0.29) is 0 Å². The molecule has 0 radical (unpaired) electrons. The van der Waals surface area contributed by atoms with Crippen LogP contribution in [-0.4, -0.2) is 38.3 Å². The second-order valence-corrected chi connectivity index (χ2v) is 3.17. The van der Waals surface area contributed by atoms with Gasteiger partial charge in [0.15, 0.2) is 0 Å². The summed E-state index contributed by atoms with van der Waals surface area (Å²) in [5.41, 5.74) is 0.620. The third-order valence-corrected chi connectivity index (χ3v) is 2.03. The molecule has 0 bridgehead atoms. The van der Waals surface area contributed by atoms with Crippen molar-refractivity contribution in [3.63, 3.8) is 0 Å². The summed E-state index contributed by atoms with van der Waals surface area (Å²) < 4.78 is 5.10. The van der Waals surface area contributed by atoms with Gasteiger partial charge in [0, 0.05) is 18.5 Å². The van der Waals surface area contributed by atoms with Gasteiger partial charge in [-0.2, -0.15) is 0 Å². The lowest BCUT2D eigenvalue weighted by Crippen LogP contribution is -2.64. The summed E-state index contributed by atoms with van der Waals surface area (Å²) >= 11 is 0. The van der Waals surface area contributed by atoms with E-state index in [4.69, 9.17) is 4.74 Å². The molecule has 0 aromatic heterocycles. The first-order chi connectivity index (χ1) is 6.81. The molecule has 2 aliphatic rings. The Balaban J connectivity index is 0. The summed E-state index contributed by atoms with van der Waals surface area (Å²) in [6.45, 7) is 16.5. The van der Waals surface area contributed by atoms with E-state index in [0.29, 0.717) is 5.41 Å². The molecule has 2 heteroatoms. The van der Waals surface area contributed by atoms with E-state index >= 15 is 0 Å². The Hall–Kier alpha value is -0.0800. The quantitative estimate of drug-likeness (QED) is 0.600. The van der Waals surface area contributed by atoms with Crippen LogP contribution in [0.2, 0.25) is 0 Å². The van der Waals surface area contributed by atoms with Gasteiger partial charge in [0.1, 0.15) is 0 Å². The smallest absolute Gasteiger partial charge is 0.0569 e. The average Bonchev–Trinajstić information content (AvgIpc) is 2.19. The van der Waals surface area contributed by atoms with Gasteiger partial charge in [0.25, 0.3) is 0 Å². The Morgan fingerprint density at radius 1 is 0.857 bits per heavy atom. The molecule has 2 nitrogen and oxygen atoms in total. The minimum absolute atomic E-state index is 0.620. The van der Waals surface area contributed by atoms with Gasteiger partial charge in [-0.3, -0.25) is 0 Å². The molecule has 0 atom stereocenters. The zero-order chi connectivity index (χ0) is 11.6. The molecule has 0 N–H and O–H groups in total. The molecule has 14 heavy (non-hydrogen) atoms. The molecule has 2 saturated heterocycles. The number of nitrogens with zero attached hydrogens (tertiary/aromatic N) is 1. The van der Waals surface area contributed by atoms with E-state index in [2.05, 4.69) is 11.9 Å². The Bertz CT molecular complexity index is 103. The molecule has 2 rings (SSSR count). The van der Waals surface area contributed by atoms with Crippen LogP contribution in [0.4, 0.5) is 0 Å². The highest BCUT2D eigenvalue weighted by molar-refractivity contribution is 4.97. The molecule has 2 fully saturated rings. The maximum Gasteiger partial charge on any atom is 0.0569 e. The number of rotatable bonds is 0. The second kappa shape index (κ2) is 9.47. The van der Waals surface area contributed by atoms with Crippen molar-refractivity contribution < 1.29 is 4.74 Å². The fraction of sp³-hybridized carbons (Fsp3) is 1.00. The highest BCUT2D eigenvalue weighted by Crippen LogP contribution is 2.35. The minimum atomic E-state index is 0.620. The molecular formula is C12H29NO. The average molecular weight is 203 g/mol. The first-order valence-electron chi connectivity index (χ1n) is 6.07. The number of ether oxygens (including phenoxy) is 1. The fourth-order valence-corrected chi connectivity index (χ4v) is 1.67. The van der Waals surface area contributed by atoms with Crippen LogP contribution < -0.4 is 0 Å². The first kappa shape index (κ1) is 16.4. The van der Waals surface area contributed by atoms with Crippen molar-refractivity contribution in [2.24, 2.45) is 5.41 Å². The molecule has 0 aromatic rings. The van der Waals surface area contributed by atoms with Crippen LogP contribution in [0.1, 0.15) is 41.5 Å². The van der Waals surface area contributed by atoms with Gasteiger partial charge < -0.3 is 9.64 Å². The SMILES string of the molecule is CC.CC.CC.CN1CC2(COC2)C1. The molecule has 0 aromatic carbocycles. The van der Waals surface area contributed by atoms with E-state index in [1.807, 2.05) is 41.5 Å². The Labute approximate surface area is 90.6 Å². The Kier molecular flexibility index (Phi) is 11.1. The van der Waals surface area contributed by atoms with E-state index in [0.717, 1.165) is 13.2 Å². The van der Waals surface area contributed by atoms with Crippen molar-refractivity contribution >= 4 is 0 Å². The molecule has 0 amide bonds. The summed E-state index contributed by atoms with van der Waals surface area (Å²) in [7, 11) is 2.16. The highest BCUT2D eigenvalue weighted by Gasteiger charge is 2.47. The van der Waals surface area contributed by atoms with Crippen LogP contribution in [-0.2, 0) is 4.74 Å². The monoisotopic (exact) mass is 203 g/mol. The van der Waals surface area contributed by atoms with E-state index in [1.165, 1.54) is 13.1 Å². The van der Waals surface area contributed by atoms with Gasteiger partial charge in [-0.15, -0.1) is 0 Å². The van der Waals surface area contributed by atoms with Gasteiger partial charge in [0.05, 0.1) is 13.2 Å². The summed E-state index contributed by atoms with van der Waals surface area (Å²) in [6.07, 6.45) is 0. The lowest BCUT2D eigenvalue weighted by Gasteiger charge is -2.53. The molecule has 88 valence electrons.